The van der Waals surface area contributed by atoms with Crippen LogP contribution in [0.4, 0.5) is 0 Å². The van der Waals surface area contributed by atoms with Gasteiger partial charge < -0.3 is 9.47 Å². The van der Waals surface area contributed by atoms with Crippen LogP contribution in [0.2, 0.25) is 0 Å². The van der Waals surface area contributed by atoms with Crippen molar-refractivity contribution >= 4 is 17.5 Å². The smallest absolute Gasteiger partial charge is 0.245 e. The Bertz CT molecular complexity index is 876. The Labute approximate surface area is 172 Å². The number of alkyl halides is 1. The molecule has 0 saturated carbocycles. The monoisotopic (exact) mass is 394 g/mol. The quantitative estimate of drug-likeness (QED) is 0.453. The summed E-state index contributed by atoms with van der Waals surface area (Å²) >= 11 is 6.56. The molecule has 3 rings (SSSR count). The number of hydrogen-bond donors (Lipinski definition) is 0. The molecule has 0 spiro atoms. The van der Waals surface area contributed by atoms with Crippen molar-refractivity contribution in [3.8, 4) is 0 Å². The van der Waals surface area contributed by atoms with Crippen LogP contribution >= 0.6 is 11.6 Å². The van der Waals surface area contributed by atoms with Crippen LogP contribution in [0.3, 0.4) is 0 Å². The van der Waals surface area contributed by atoms with Crippen molar-refractivity contribution in [3.05, 3.63) is 95.8 Å². The SMILES string of the molecule is CC[C@@H](C)N(Cc1cccn1Cc1ccccc1)C(=O)[C@H](Cl)c1ccccc1. The van der Waals surface area contributed by atoms with Gasteiger partial charge in [-0.05, 0) is 36.6 Å². The average molecular weight is 395 g/mol. The second kappa shape index (κ2) is 9.61. The lowest BCUT2D eigenvalue weighted by molar-refractivity contribution is -0.133. The lowest BCUT2D eigenvalue weighted by atomic mass is 10.1. The number of aromatic nitrogens is 1. The molecule has 0 aliphatic rings. The van der Waals surface area contributed by atoms with E-state index in [9.17, 15) is 4.79 Å². The second-order valence-electron chi connectivity index (χ2n) is 7.11. The highest BCUT2D eigenvalue weighted by atomic mass is 35.5. The highest BCUT2D eigenvalue weighted by Gasteiger charge is 2.27. The molecule has 1 amide bonds. The van der Waals surface area contributed by atoms with Crippen molar-refractivity contribution in [2.75, 3.05) is 0 Å². The molecule has 2 aromatic carbocycles. The maximum Gasteiger partial charge on any atom is 0.245 e. The predicted octanol–water partition coefficient (Wildman–Crippen LogP) is 5.64. The van der Waals surface area contributed by atoms with Gasteiger partial charge in [0.25, 0.3) is 0 Å². The molecular formula is C24H27ClN2O. The van der Waals surface area contributed by atoms with Gasteiger partial charge >= 0.3 is 0 Å². The molecule has 0 unspecified atom stereocenters. The van der Waals surface area contributed by atoms with Crippen LogP contribution < -0.4 is 0 Å². The Hall–Kier alpha value is -2.52. The highest BCUT2D eigenvalue weighted by molar-refractivity contribution is 6.30. The van der Waals surface area contributed by atoms with Gasteiger partial charge in [-0.1, -0.05) is 67.6 Å². The van der Waals surface area contributed by atoms with Gasteiger partial charge in [-0.25, -0.2) is 0 Å². The standard InChI is InChI=1S/C24H27ClN2O/c1-3-19(2)27(24(28)23(25)21-13-8-5-9-14-21)18-22-15-10-16-26(22)17-20-11-6-4-7-12-20/h4-16,19,23H,3,17-18H2,1-2H3/t19-,23-/m1/s1. The molecule has 0 fully saturated rings. The van der Waals surface area contributed by atoms with E-state index in [1.165, 1.54) is 5.56 Å². The Kier molecular flexibility index (Phi) is 6.94. The van der Waals surface area contributed by atoms with Crippen LogP contribution in [-0.4, -0.2) is 21.4 Å². The minimum atomic E-state index is -0.673. The van der Waals surface area contributed by atoms with E-state index < -0.39 is 5.38 Å². The predicted molar refractivity (Wildman–Crippen MR) is 115 cm³/mol. The molecule has 1 aromatic heterocycles. The first kappa shape index (κ1) is 20.2. The van der Waals surface area contributed by atoms with Gasteiger partial charge in [0.05, 0.1) is 6.54 Å². The Morgan fingerprint density at radius 1 is 1.00 bits per heavy atom. The van der Waals surface area contributed by atoms with Crippen molar-refractivity contribution in [1.29, 1.82) is 0 Å². The van der Waals surface area contributed by atoms with Crippen molar-refractivity contribution in [2.45, 2.75) is 44.8 Å². The van der Waals surface area contributed by atoms with Crippen LogP contribution in [0.5, 0.6) is 0 Å². The fourth-order valence-corrected chi connectivity index (χ4v) is 3.55. The Morgan fingerprint density at radius 3 is 2.29 bits per heavy atom. The molecule has 3 nitrogen and oxygen atoms in total. The Morgan fingerprint density at radius 2 is 1.64 bits per heavy atom. The molecule has 1 heterocycles. The second-order valence-corrected chi connectivity index (χ2v) is 7.55. The third-order valence-electron chi connectivity index (χ3n) is 5.17. The normalized spacial score (nSPS) is 13.1. The topological polar surface area (TPSA) is 25.2 Å². The zero-order valence-electron chi connectivity index (χ0n) is 16.5. The zero-order valence-corrected chi connectivity index (χ0v) is 17.2. The summed E-state index contributed by atoms with van der Waals surface area (Å²) < 4.78 is 2.20. The van der Waals surface area contributed by atoms with E-state index in [2.05, 4.69) is 42.8 Å². The van der Waals surface area contributed by atoms with Gasteiger partial charge in [-0.3, -0.25) is 4.79 Å². The van der Waals surface area contributed by atoms with Gasteiger partial charge in [-0.15, -0.1) is 11.6 Å². The Balaban J connectivity index is 1.80. The molecule has 0 saturated heterocycles. The lowest BCUT2D eigenvalue weighted by Crippen LogP contribution is -2.40. The van der Waals surface area contributed by atoms with Crippen LogP contribution in [0.1, 0.15) is 42.5 Å². The summed E-state index contributed by atoms with van der Waals surface area (Å²) in [4.78, 5) is 15.1. The van der Waals surface area contributed by atoms with Crippen LogP contribution in [0.25, 0.3) is 0 Å². The summed E-state index contributed by atoms with van der Waals surface area (Å²) in [5.41, 5.74) is 3.18. The minimum absolute atomic E-state index is 0.0466. The van der Waals surface area contributed by atoms with E-state index in [-0.39, 0.29) is 11.9 Å². The number of carbonyl (C=O) groups is 1. The maximum atomic E-state index is 13.2. The van der Waals surface area contributed by atoms with E-state index in [4.69, 9.17) is 11.6 Å². The summed E-state index contributed by atoms with van der Waals surface area (Å²) in [5, 5.41) is -0.673. The van der Waals surface area contributed by atoms with E-state index in [0.717, 1.165) is 24.2 Å². The summed E-state index contributed by atoms with van der Waals surface area (Å²) in [5.74, 6) is -0.0466. The van der Waals surface area contributed by atoms with Gasteiger partial charge in [0.15, 0.2) is 0 Å². The number of amides is 1. The molecule has 146 valence electrons. The van der Waals surface area contributed by atoms with E-state index >= 15 is 0 Å². The van der Waals surface area contributed by atoms with Gasteiger partial charge in [-0.2, -0.15) is 0 Å². The number of benzene rings is 2. The highest BCUT2D eigenvalue weighted by Crippen LogP contribution is 2.26. The molecule has 2 atom stereocenters. The first-order valence-corrected chi connectivity index (χ1v) is 10.2. The summed E-state index contributed by atoms with van der Waals surface area (Å²) in [6.45, 7) is 5.51. The molecule has 0 aliphatic heterocycles. The third kappa shape index (κ3) is 4.85. The first-order valence-electron chi connectivity index (χ1n) is 9.77. The molecule has 28 heavy (non-hydrogen) atoms. The van der Waals surface area contributed by atoms with Crippen molar-refractivity contribution < 1.29 is 4.79 Å². The number of halogens is 1. The van der Waals surface area contributed by atoms with Crippen molar-refractivity contribution in [1.82, 2.24) is 9.47 Å². The summed E-state index contributed by atoms with van der Waals surface area (Å²) in [6.07, 6.45) is 2.94. The molecule has 3 aromatic rings. The molecule has 4 heteroatoms. The number of rotatable bonds is 8. The lowest BCUT2D eigenvalue weighted by Gasteiger charge is -2.31. The first-order chi connectivity index (χ1) is 13.6. The number of carbonyl (C=O) groups excluding carboxylic acids is 1. The van der Waals surface area contributed by atoms with Crippen LogP contribution in [0.15, 0.2) is 79.0 Å². The molecule has 0 radical (unpaired) electrons. The average Bonchev–Trinajstić information content (AvgIpc) is 3.18. The molecule has 0 aliphatic carbocycles. The van der Waals surface area contributed by atoms with Gasteiger partial charge in [0, 0.05) is 24.5 Å². The van der Waals surface area contributed by atoms with Crippen LogP contribution in [0, 0.1) is 0 Å². The van der Waals surface area contributed by atoms with E-state index in [1.54, 1.807) is 0 Å². The van der Waals surface area contributed by atoms with Crippen molar-refractivity contribution in [3.63, 3.8) is 0 Å². The van der Waals surface area contributed by atoms with E-state index in [1.807, 2.05) is 59.5 Å². The van der Waals surface area contributed by atoms with E-state index in [0.29, 0.717) is 6.54 Å². The fraction of sp³-hybridized carbons (Fsp3) is 0.292. The molecule has 0 bridgehead atoms. The van der Waals surface area contributed by atoms with Crippen LogP contribution in [-0.2, 0) is 17.9 Å². The minimum Gasteiger partial charge on any atom is -0.345 e. The summed E-state index contributed by atoms with van der Waals surface area (Å²) in [6, 6.07) is 24.1. The van der Waals surface area contributed by atoms with Gasteiger partial charge in [0.1, 0.15) is 5.38 Å². The molecular weight excluding hydrogens is 368 g/mol. The van der Waals surface area contributed by atoms with Gasteiger partial charge in [0.2, 0.25) is 5.91 Å². The zero-order chi connectivity index (χ0) is 19.9. The summed E-state index contributed by atoms with van der Waals surface area (Å²) in [7, 11) is 0. The van der Waals surface area contributed by atoms with Crippen molar-refractivity contribution in [2.24, 2.45) is 0 Å². The molecule has 0 N–H and O–H groups in total. The third-order valence-corrected chi connectivity index (χ3v) is 5.61. The fourth-order valence-electron chi connectivity index (χ4n) is 3.28. The largest absolute Gasteiger partial charge is 0.345 e. The number of nitrogens with zero attached hydrogens (tertiary/aromatic N) is 2. The number of hydrogen-bond acceptors (Lipinski definition) is 1. The maximum absolute atomic E-state index is 13.2.